The van der Waals surface area contributed by atoms with Crippen LogP contribution in [0.5, 0.6) is 0 Å². The SMILES string of the molecule is CCNC(CC)c1ccc(-c2ccc(F)cc2Cl)o1. The molecule has 0 radical (unpaired) electrons. The number of benzene rings is 1. The summed E-state index contributed by atoms with van der Waals surface area (Å²) in [6.07, 6.45) is 0.942. The number of furan rings is 1. The molecule has 1 aromatic heterocycles. The van der Waals surface area contributed by atoms with Crippen LogP contribution in [0.3, 0.4) is 0 Å². The molecular formula is C15H17ClFNO. The van der Waals surface area contributed by atoms with E-state index in [1.54, 1.807) is 6.07 Å². The molecule has 0 aliphatic rings. The van der Waals surface area contributed by atoms with E-state index >= 15 is 0 Å². The van der Waals surface area contributed by atoms with Crippen LogP contribution in [-0.2, 0) is 0 Å². The Morgan fingerprint density at radius 1 is 1.26 bits per heavy atom. The summed E-state index contributed by atoms with van der Waals surface area (Å²) >= 11 is 6.03. The predicted octanol–water partition coefficient (Wildman–Crippen LogP) is 4.80. The third kappa shape index (κ3) is 3.17. The first-order valence-corrected chi connectivity index (χ1v) is 6.82. The number of rotatable bonds is 5. The van der Waals surface area contributed by atoms with Gasteiger partial charge in [-0.15, -0.1) is 0 Å². The molecule has 0 bridgehead atoms. The van der Waals surface area contributed by atoms with Gasteiger partial charge in [-0.2, -0.15) is 0 Å². The van der Waals surface area contributed by atoms with Gasteiger partial charge >= 0.3 is 0 Å². The summed E-state index contributed by atoms with van der Waals surface area (Å²) in [6.45, 7) is 5.04. The van der Waals surface area contributed by atoms with Crippen LogP contribution in [-0.4, -0.2) is 6.54 Å². The second kappa shape index (κ2) is 6.22. The van der Waals surface area contributed by atoms with Gasteiger partial charge in [-0.3, -0.25) is 0 Å². The van der Waals surface area contributed by atoms with Gasteiger partial charge in [0.15, 0.2) is 0 Å². The minimum Gasteiger partial charge on any atom is -0.459 e. The lowest BCUT2D eigenvalue weighted by Gasteiger charge is -2.12. The fraction of sp³-hybridized carbons (Fsp3) is 0.333. The molecule has 1 heterocycles. The maximum absolute atomic E-state index is 13.0. The van der Waals surface area contributed by atoms with Gasteiger partial charge in [-0.05, 0) is 43.3 Å². The fourth-order valence-electron chi connectivity index (χ4n) is 2.07. The lowest BCUT2D eigenvalue weighted by atomic mass is 10.1. The number of halogens is 2. The largest absolute Gasteiger partial charge is 0.459 e. The summed E-state index contributed by atoms with van der Waals surface area (Å²) in [7, 11) is 0. The highest BCUT2D eigenvalue weighted by molar-refractivity contribution is 6.33. The van der Waals surface area contributed by atoms with Crippen molar-refractivity contribution in [3.63, 3.8) is 0 Å². The van der Waals surface area contributed by atoms with Crippen molar-refractivity contribution in [2.24, 2.45) is 0 Å². The highest BCUT2D eigenvalue weighted by Crippen LogP contribution is 2.31. The van der Waals surface area contributed by atoms with E-state index in [2.05, 4.69) is 19.2 Å². The molecule has 0 amide bonds. The van der Waals surface area contributed by atoms with Crippen LogP contribution in [0.2, 0.25) is 5.02 Å². The molecule has 0 aliphatic carbocycles. The molecule has 0 saturated carbocycles. The molecule has 2 nitrogen and oxygen atoms in total. The standard InChI is InChI=1S/C15H17ClFNO/c1-3-13(18-4-2)15-8-7-14(19-15)11-6-5-10(17)9-12(11)16/h5-9,13,18H,3-4H2,1-2H3. The quantitative estimate of drug-likeness (QED) is 0.851. The Labute approximate surface area is 117 Å². The minimum atomic E-state index is -0.348. The van der Waals surface area contributed by atoms with Crippen LogP contribution in [0.15, 0.2) is 34.7 Å². The lowest BCUT2D eigenvalue weighted by molar-refractivity contribution is 0.417. The maximum atomic E-state index is 13.0. The fourth-order valence-corrected chi connectivity index (χ4v) is 2.33. The van der Waals surface area contributed by atoms with Crippen LogP contribution < -0.4 is 5.32 Å². The number of hydrogen-bond acceptors (Lipinski definition) is 2. The van der Waals surface area contributed by atoms with Gasteiger partial charge in [-0.1, -0.05) is 25.4 Å². The van der Waals surface area contributed by atoms with Gasteiger partial charge in [-0.25, -0.2) is 4.39 Å². The number of hydrogen-bond donors (Lipinski definition) is 1. The smallest absolute Gasteiger partial charge is 0.135 e. The summed E-state index contributed by atoms with van der Waals surface area (Å²) in [5, 5.41) is 3.71. The van der Waals surface area contributed by atoms with Crippen molar-refractivity contribution in [2.75, 3.05) is 6.54 Å². The molecule has 1 unspecified atom stereocenters. The first-order valence-electron chi connectivity index (χ1n) is 6.44. The average Bonchev–Trinajstić information content (AvgIpc) is 2.85. The van der Waals surface area contributed by atoms with E-state index in [-0.39, 0.29) is 11.9 Å². The van der Waals surface area contributed by atoms with Gasteiger partial charge in [0.1, 0.15) is 17.3 Å². The number of nitrogens with one attached hydrogen (secondary N) is 1. The third-order valence-corrected chi connectivity index (χ3v) is 3.34. The molecule has 4 heteroatoms. The molecule has 1 N–H and O–H groups in total. The first kappa shape index (κ1) is 14.1. The van der Waals surface area contributed by atoms with E-state index in [4.69, 9.17) is 16.0 Å². The third-order valence-electron chi connectivity index (χ3n) is 3.03. The summed E-state index contributed by atoms with van der Waals surface area (Å²) in [6, 6.07) is 8.30. The Kier molecular flexibility index (Phi) is 4.61. The van der Waals surface area contributed by atoms with E-state index in [0.29, 0.717) is 16.3 Å². The van der Waals surface area contributed by atoms with Crippen LogP contribution in [0.1, 0.15) is 32.1 Å². The molecule has 0 fully saturated rings. The van der Waals surface area contributed by atoms with E-state index in [0.717, 1.165) is 18.7 Å². The van der Waals surface area contributed by atoms with Gasteiger partial charge in [0.05, 0.1) is 11.1 Å². The molecule has 19 heavy (non-hydrogen) atoms. The Morgan fingerprint density at radius 2 is 2.05 bits per heavy atom. The first-order chi connectivity index (χ1) is 9.15. The Balaban J connectivity index is 2.29. The zero-order valence-corrected chi connectivity index (χ0v) is 11.8. The second-order valence-corrected chi connectivity index (χ2v) is 4.75. The molecule has 0 aliphatic heterocycles. The minimum absolute atomic E-state index is 0.193. The van der Waals surface area contributed by atoms with Crippen molar-refractivity contribution in [1.82, 2.24) is 5.32 Å². The van der Waals surface area contributed by atoms with Crippen molar-refractivity contribution >= 4 is 11.6 Å². The zero-order chi connectivity index (χ0) is 13.8. The van der Waals surface area contributed by atoms with E-state index < -0.39 is 0 Å². The Morgan fingerprint density at radius 3 is 2.68 bits per heavy atom. The van der Waals surface area contributed by atoms with Crippen molar-refractivity contribution < 1.29 is 8.81 Å². The Bertz CT molecular complexity index is 553. The van der Waals surface area contributed by atoms with Crippen LogP contribution in [0, 0.1) is 5.82 Å². The van der Waals surface area contributed by atoms with Gasteiger partial charge in [0.2, 0.25) is 0 Å². The van der Waals surface area contributed by atoms with Crippen molar-refractivity contribution in [1.29, 1.82) is 0 Å². The highest BCUT2D eigenvalue weighted by atomic mass is 35.5. The van der Waals surface area contributed by atoms with Crippen molar-refractivity contribution in [3.05, 3.63) is 46.9 Å². The molecule has 1 aromatic carbocycles. The molecular weight excluding hydrogens is 265 g/mol. The van der Waals surface area contributed by atoms with Crippen molar-refractivity contribution in [3.8, 4) is 11.3 Å². The summed E-state index contributed by atoms with van der Waals surface area (Å²) in [5.74, 6) is 1.19. The van der Waals surface area contributed by atoms with E-state index in [1.165, 1.54) is 12.1 Å². The highest BCUT2D eigenvalue weighted by Gasteiger charge is 2.14. The normalized spacial score (nSPS) is 12.6. The zero-order valence-electron chi connectivity index (χ0n) is 11.0. The van der Waals surface area contributed by atoms with Gasteiger partial charge in [0.25, 0.3) is 0 Å². The van der Waals surface area contributed by atoms with Crippen LogP contribution in [0.4, 0.5) is 4.39 Å². The van der Waals surface area contributed by atoms with E-state index in [1.807, 2.05) is 12.1 Å². The van der Waals surface area contributed by atoms with Crippen LogP contribution >= 0.6 is 11.6 Å². The summed E-state index contributed by atoms with van der Waals surface area (Å²) in [5.41, 5.74) is 0.709. The van der Waals surface area contributed by atoms with Gasteiger partial charge < -0.3 is 9.73 Å². The molecule has 0 spiro atoms. The molecule has 1 atom stereocenters. The van der Waals surface area contributed by atoms with E-state index in [9.17, 15) is 4.39 Å². The average molecular weight is 282 g/mol. The lowest BCUT2D eigenvalue weighted by Crippen LogP contribution is -2.19. The molecule has 102 valence electrons. The predicted molar refractivity (Wildman–Crippen MR) is 75.8 cm³/mol. The van der Waals surface area contributed by atoms with Crippen LogP contribution in [0.25, 0.3) is 11.3 Å². The maximum Gasteiger partial charge on any atom is 0.135 e. The topological polar surface area (TPSA) is 25.2 Å². The monoisotopic (exact) mass is 281 g/mol. The second-order valence-electron chi connectivity index (χ2n) is 4.34. The van der Waals surface area contributed by atoms with Gasteiger partial charge in [0, 0.05) is 5.56 Å². The Hall–Kier alpha value is -1.32. The summed E-state index contributed by atoms with van der Waals surface area (Å²) in [4.78, 5) is 0. The summed E-state index contributed by atoms with van der Waals surface area (Å²) < 4.78 is 18.9. The molecule has 0 saturated heterocycles. The van der Waals surface area contributed by atoms with Crippen molar-refractivity contribution in [2.45, 2.75) is 26.3 Å². The molecule has 2 rings (SSSR count). The molecule has 2 aromatic rings.